The van der Waals surface area contributed by atoms with E-state index < -0.39 is 0 Å². The molecule has 0 bridgehead atoms. The van der Waals surface area contributed by atoms with Crippen molar-refractivity contribution in [3.05, 3.63) is 0 Å². The summed E-state index contributed by atoms with van der Waals surface area (Å²) in [5.74, 6) is 1.55. The molecule has 3 rings (SSSR count). The fourth-order valence-electron chi connectivity index (χ4n) is 4.74. The summed E-state index contributed by atoms with van der Waals surface area (Å²) < 4.78 is 17.0. The number of ether oxygens (including phenoxy) is 3. The van der Waals surface area contributed by atoms with Crippen molar-refractivity contribution < 1.29 is 14.2 Å². The lowest BCUT2D eigenvalue weighted by Crippen LogP contribution is -2.53. The average molecular weight is 254 g/mol. The molecule has 0 aromatic carbocycles. The standard InChI is InChI=1S/C15H26O3/c1-14(9-16-2)12-6-7-15(10-18-15)8-11(12)4-5-13(14)17-3/h11-13H,4-10H2,1-3H3/t11?,12?,13-,14+,15?/m1/s1. The lowest BCUT2D eigenvalue weighted by molar-refractivity contribution is -0.136. The van der Waals surface area contributed by atoms with Crippen molar-refractivity contribution >= 4 is 0 Å². The maximum Gasteiger partial charge on any atom is 0.0919 e. The summed E-state index contributed by atoms with van der Waals surface area (Å²) in [5.41, 5.74) is 0.470. The van der Waals surface area contributed by atoms with E-state index in [4.69, 9.17) is 14.2 Å². The van der Waals surface area contributed by atoms with Gasteiger partial charge in [-0.3, -0.25) is 0 Å². The van der Waals surface area contributed by atoms with Crippen LogP contribution in [0.25, 0.3) is 0 Å². The normalized spacial score (nSPS) is 51.2. The molecular weight excluding hydrogens is 228 g/mol. The zero-order valence-corrected chi connectivity index (χ0v) is 11.9. The molecule has 0 N–H and O–H groups in total. The van der Waals surface area contributed by atoms with Gasteiger partial charge in [-0.05, 0) is 43.9 Å². The number of hydrogen-bond acceptors (Lipinski definition) is 3. The Labute approximate surface area is 110 Å². The molecule has 0 radical (unpaired) electrons. The van der Waals surface area contributed by atoms with Gasteiger partial charge in [-0.25, -0.2) is 0 Å². The van der Waals surface area contributed by atoms with Gasteiger partial charge in [-0.2, -0.15) is 0 Å². The molecule has 1 spiro atoms. The van der Waals surface area contributed by atoms with Crippen molar-refractivity contribution in [2.45, 2.75) is 50.7 Å². The second-order valence-electron chi connectivity index (χ2n) is 6.82. The Balaban J connectivity index is 1.79. The summed E-state index contributed by atoms with van der Waals surface area (Å²) in [6, 6.07) is 0. The van der Waals surface area contributed by atoms with Crippen molar-refractivity contribution in [2.24, 2.45) is 17.3 Å². The van der Waals surface area contributed by atoms with Crippen LogP contribution in [0.15, 0.2) is 0 Å². The van der Waals surface area contributed by atoms with E-state index in [9.17, 15) is 0 Å². The molecule has 1 heterocycles. The van der Waals surface area contributed by atoms with Crippen LogP contribution in [0.2, 0.25) is 0 Å². The zero-order valence-electron chi connectivity index (χ0n) is 11.9. The molecule has 3 nitrogen and oxygen atoms in total. The fraction of sp³-hybridized carbons (Fsp3) is 1.00. The lowest BCUT2D eigenvalue weighted by Gasteiger charge is -2.53. The lowest BCUT2D eigenvalue weighted by atomic mass is 9.55. The quantitative estimate of drug-likeness (QED) is 0.725. The molecule has 2 aliphatic carbocycles. The van der Waals surface area contributed by atoms with Crippen molar-refractivity contribution in [3.63, 3.8) is 0 Å². The van der Waals surface area contributed by atoms with Gasteiger partial charge in [0.05, 0.1) is 24.9 Å². The molecule has 104 valence electrons. The van der Waals surface area contributed by atoms with Crippen LogP contribution in [0.1, 0.15) is 39.0 Å². The molecule has 18 heavy (non-hydrogen) atoms. The first-order chi connectivity index (χ1) is 8.63. The molecule has 0 aromatic rings. The van der Waals surface area contributed by atoms with E-state index in [-0.39, 0.29) is 11.0 Å². The smallest absolute Gasteiger partial charge is 0.0919 e. The maximum absolute atomic E-state index is 5.76. The monoisotopic (exact) mass is 254 g/mol. The van der Waals surface area contributed by atoms with Crippen LogP contribution in [-0.4, -0.2) is 39.1 Å². The SMILES string of the molecule is COC[C@@]1(C)C2CCC3(CO3)CC2CC[C@H]1OC. The highest BCUT2D eigenvalue weighted by Crippen LogP contribution is 2.57. The second-order valence-corrected chi connectivity index (χ2v) is 6.82. The topological polar surface area (TPSA) is 31.0 Å². The summed E-state index contributed by atoms with van der Waals surface area (Å²) in [5, 5.41) is 0. The minimum atomic E-state index is 0.183. The molecule has 3 unspecified atom stereocenters. The predicted molar refractivity (Wildman–Crippen MR) is 69.5 cm³/mol. The first-order valence-electron chi connectivity index (χ1n) is 7.29. The molecule has 2 saturated carbocycles. The van der Waals surface area contributed by atoms with Gasteiger partial charge in [0.2, 0.25) is 0 Å². The van der Waals surface area contributed by atoms with Crippen LogP contribution in [0.5, 0.6) is 0 Å². The van der Waals surface area contributed by atoms with Crippen molar-refractivity contribution in [1.29, 1.82) is 0 Å². The van der Waals surface area contributed by atoms with Gasteiger partial charge in [0, 0.05) is 19.6 Å². The maximum atomic E-state index is 5.76. The number of fused-ring (bicyclic) bond motifs is 1. The second kappa shape index (κ2) is 4.46. The molecule has 5 atom stereocenters. The van der Waals surface area contributed by atoms with E-state index >= 15 is 0 Å². The minimum Gasteiger partial charge on any atom is -0.384 e. The van der Waals surface area contributed by atoms with Gasteiger partial charge < -0.3 is 14.2 Å². The van der Waals surface area contributed by atoms with Gasteiger partial charge >= 0.3 is 0 Å². The van der Waals surface area contributed by atoms with E-state index in [0.717, 1.165) is 25.0 Å². The number of hydrogen-bond donors (Lipinski definition) is 0. The highest BCUT2D eigenvalue weighted by atomic mass is 16.6. The Morgan fingerprint density at radius 2 is 2.00 bits per heavy atom. The summed E-state index contributed by atoms with van der Waals surface area (Å²) in [6.07, 6.45) is 6.62. The largest absolute Gasteiger partial charge is 0.384 e. The van der Waals surface area contributed by atoms with Crippen molar-refractivity contribution in [3.8, 4) is 0 Å². The van der Waals surface area contributed by atoms with E-state index in [1.807, 2.05) is 14.2 Å². The van der Waals surface area contributed by atoms with E-state index in [0.29, 0.717) is 6.10 Å². The Morgan fingerprint density at radius 3 is 2.61 bits per heavy atom. The van der Waals surface area contributed by atoms with Crippen molar-refractivity contribution in [1.82, 2.24) is 0 Å². The van der Waals surface area contributed by atoms with Gasteiger partial charge in [-0.1, -0.05) is 6.92 Å². The van der Waals surface area contributed by atoms with Crippen LogP contribution >= 0.6 is 0 Å². The summed E-state index contributed by atoms with van der Waals surface area (Å²) in [6.45, 7) is 4.19. The third-order valence-corrected chi connectivity index (χ3v) is 5.79. The molecule has 1 saturated heterocycles. The van der Waals surface area contributed by atoms with Gasteiger partial charge in [0.15, 0.2) is 0 Å². The van der Waals surface area contributed by atoms with Crippen LogP contribution in [0.3, 0.4) is 0 Å². The molecular formula is C15H26O3. The fourth-order valence-corrected chi connectivity index (χ4v) is 4.74. The molecule has 0 aromatic heterocycles. The van der Waals surface area contributed by atoms with Crippen molar-refractivity contribution in [2.75, 3.05) is 27.4 Å². The molecule has 3 aliphatic rings. The highest BCUT2D eigenvalue weighted by Gasteiger charge is 2.57. The van der Waals surface area contributed by atoms with E-state index in [1.54, 1.807) is 0 Å². The summed E-state index contributed by atoms with van der Waals surface area (Å²) >= 11 is 0. The van der Waals surface area contributed by atoms with Crippen LogP contribution in [0.4, 0.5) is 0 Å². The Morgan fingerprint density at radius 1 is 1.22 bits per heavy atom. The first kappa shape index (κ1) is 12.9. The molecule has 0 amide bonds. The average Bonchev–Trinajstić information content (AvgIpc) is 3.09. The Kier molecular flexibility index (Phi) is 3.20. The van der Waals surface area contributed by atoms with Gasteiger partial charge in [0.25, 0.3) is 0 Å². The zero-order chi connectivity index (χ0) is 12.8. The van der Waals surface area contributed by atoms with E-state index in [2.05, 4.69) is 6.92 Å². The Hall–Kier alpha value is -0.120. The third-order valence-electron chi connectivity index (χ3n) is 5.79. The molecule has 3 fully saturated rings. The molecule has 3 heteroatoms. The minimum absolute atomic E-state index is 0.183. The third kappa shape index (κ3) is 1.91. The van der Waals surface area contributed by atoms with Crippen LogP contribution < -0.4 is 0 Å². The summed E-state index contributed by atoms with van der Waals surface area (Å²) in [7, 11) is 3.67. The van der Waals surface area contributed by atoms with E-state index in [1.165, 1.54) is 32.1 Å². The van der Waals surface area contributed by atoms with Gasteiger partial charge in [-0.15, -0.1) is 0 Å². The van der Waals surface area contributed by atoms with Gasteiger partial charge in [0.1, 0.15) is 0 Å². The van der Waals surface area contributed by atoms with Crippen LogP contribution in [-0.2, 0) is 14.2 Å². The first-order valence-corrected chi connectivity index (χ1v) is 7.29. The summed E-state index contributed by atoms with van der Waals surface area (Å²) in [4.78, 5) is 0. The predicted octanol–water partition coefficient (Wildman–Crippen LogP) is 2.63. The number of methoxy groups -OCH3 is 2. The molecule has 1 aliphatic heterocycles. The van der Waals surface area contributed by atoms with Crippen LogP contribution in [0, 0.1) is 17.3 Å². The Bertz CT molecular complexity index is 313. The number of epoxide rings is 1. The number of rotatable bonds is 3. The highest BCUT2D eigenvalue weighted by molar-refractivity contribution is 5.06.